The summed E-state index contributed by atoms with van der Waals surface area (Å²) in [6.07, 6.45) is 3.45. The number of benzene rings is 1. The summed E-state index contributed by atoms with van der Waals surface area (Å²) >= 11 is 0. The number of hydrogen-bond donors (Lipinski definition) is 0. The molecule has 0 fully saturated rings. The first-order chi connectivity index (χ1) is 6.83. The lowest BCUT2D eigenvalue weighted by Gasteiger charge is -2.19. The van der Waals surface area contributed by atoms with Gasteiger partial charge in [-0.1, -0.05) is 6.07 Å². The molecule has 0 radical (unpaired) electrons. The van der Waals surface area contributed by atoms with Crippen LogP contribution in [0.2, 0.25) is 0 Å². The molecular formula is C12H14N2. The molecule has 1 aromatic carbocycles. The number of nitriles is 1. The highest BCUT2D eigenvalue weighted by molar-refractivity contribution is 5.60. The molecule has 0 saturated heterocycles. The van der Waals surface area contributed by atoms with Crippen molar-refractivity contribution in [2.24, 2.45) is 0 Å². The van der Waals surface area contributed by atoms with Gasteiger partial charge in [-0.2, -0.15) is 5.26 Å². The maximum atomic E-state index is 9.00. The van der Waals surface area contributed by atoms with Crippen molar-refractivity contribution in [2.75, 3.05) is 18.5 Å². The summed E-state index contributed by atoms with van der Waals surface area (Å²) < 4.78 is 0. The Morgan fingerprint density at radius 1 is 1.36 bits per heavy atom. The molecule has 2 nitrogen and oxygen atoms in total. The van der Waals surface area contributed by atoms with Crippen LogP contribution in [0.25, 0.3) is 0 Å². The van der Waals surface area contributed by atoms with Crippen LogP contribution in [-0.4, -0.2) is 13.6 Å². The second kappa shape index (κ2) is 3.71. The summed E-state index contributed by atoms with van der Waals surface area (Å²) in [4.78, 5) is 2.25. The van der Waals surface area contributed by atoms with Gasteiger partial charge in [0.25, 0.3) is 0 Å². The number of nitrogens with zero attached hydrogens (tertiary/aromatic N) is 2. The van der Waals surface area contributed by atoms with Crippen molar-refractivity contribution in [3.05, 3.63) is 29.3 Å². The number of hydrogen-bond acceptors (Lipinski definition) is 2. The van der Waals surface area contributed by atoms with Crippen molar-refractivity contribution in [3.8, 4) is 6.07 Å². The molecule has 0 aliphatic carbocycles. The zero-order valence-electron chi connectivity index (χ0n) is 8.45. The third-order valence-electron chi connectivity index (χ3n) is 2.85. The highest BCUT2D eigenvalue weighted by Gasteiger charge is 2.14. The van der Waals surface area contributed by atoms with Gasteiger partial charge in [-0.25, -0.2) is 0 Å². The van der Waals surface area contributed by atoms with Crippen LogP contribution in [0.15, 0.2) is 18.2 Å². The van der Waals surface area contributed by atoms with E-state index in [0.717, 1.165) is 18.5 Å². The van der Waals surface area contributed by atoms with Crippen LogP contribution in [0.5, 0.6) is 0 Å². The molecule has 1 aromatic rings. The van der Waals surface area contributed by atoms with E-state index in [1.165, 1.54) is 24.1 Å². The third kappa shape index (κ3) is 1.46. The van der Waals surface area contributed by atoms with Gasteiger partial charge < -0.3 is 4.90 Å². The Balaban J connectivity index is 2.53. The van der Waals surface area contributed by atoms with Gasteiger partial charge in [0.1, 0.15) is 0 Å². The zero-order chi connectivity index (χ0) is 9.97. The van der Waals surface area contributed by atoms with Gasteiger partial charge in [-0.15, -0.1) is 0 Å². The molecule has 2 heteroatoms. The molecule has 0 spiro atoms. The number of fused-ring (bicyclic) bond motifs is 1. The molecule has 0 bridgehead atoms. The fraction of sp³-hybridized carbons (Fsp3) is 0.417. The Labute approximate surface area is 84.8 Å². The topological polar surface area (TPSA) is 27.0 Å². The fourth-order valence-electron chi connectivity index (χ4n) is 2.07. The fourth-order valence-corrected chi connectivity index (χ4v) is 2.07. The first-order valence-corrected chi connectivity index (χ1v) is 5.06. The van der Waals surface area contributed by atoms with Gasteiger partial charge in [0.05, 0.1) is 11.6 Å². The minimum absolute atomic E-state index is 0.844. The molecule has 0 amide bonds. The van der Waals surface area contributed by atoms with Gasteiger partial charge in [0, 0.05) is 19.3 Å². The first-order valence-electron chi connectivity index (χ1n) is 5.06. The lowest BCUT2D eigenvalue weighted by atomic mass is 10.0. The Morgan fingerprint density at radius 3 is 3.00 bits per heavy atom. The summed E-state index contributed by atoms with van der Waals surface area (Å²) in [5.41, 5.74) is 3.31. The monoisotopic (exact) mass is 186 g/mol. The third-order valence-corrected chi connectivity index (χ3v) is 2.85. The predicted octanol–water partition coefficient (Wildman–Crippen LogP) is 2.33. The van der Waals surface area contributed by atoms with Crippen LogP contribution in [0.4, 0.5) is 5.69 Å². The number of rotatable bonds is 0. The molecule has 2 rings (SSSR count). The molecule has 0 saturated carbocycles. The molecule has 1 heterocycles. The van der Waals surface area contributed by atoms with Crippen molar-refractivity contribution < 1.29 is 0 Å². The molecule has 72 valence electrons. The molecule has 0 atom stereocenters. The van der Waals surface area contributed by atoms with Crippen LogP contribution in [0, 0.1) is 11.3 Å². The lowest BCUT2D eigenvalue weighted by molar-refractivity contribution is 0.749. The van der Waals surface area contributed by atoms with Crippen molar-refractivity contribution in [1.82, 2.24) is 0 Å². The van der Waals surface area contributed by atoms with Gasteiger partial charge in [0.15, 0.2) is 0 Å². The second-order valence-corrected chi connectivity index (χ2v) is 3.79. The van der Waals surface area contributed by atoms with E-state index in [9.17, 15) is 0 Å². The van der Waals surface area contributed by atoms with Gasteiger partial charge in [-0.3, -0.25) is 0 Å². The van der Waals surface area contributed by atoms with E-state index in [2.05, 4.69) is 24.1 Å². The lowest BCUT2D eigenvalue weighted by Crippen LogP contribution is -2.17. The SMILES string of the molecule is CN1CCCCc2c(C#N)cccc21. The molecule has 0 aromatic heterocycles. The van der Waals surface area contributed by atoms with Crippen LogP contribution < -0.4 is 4.90 Å². The minimum Gasteiger partial charge on any atom is -0.374 e. The van der Waals surface area contributed by atoms with E-state index in [0.29, 0.717) is 0 Å². The van der Waals surface area contributed by atoms with E-state index in [1.54, 1.807) is 0 Å². The van der Waals surface area contributed by atoms with E-state index in [4.69, 9.17) is 5.26 Å². The van der Waals surface area contributed by atoms with Crippen LogP contribution >= 0.6 is 0 Å². The number of anilines is 1. The largest absolute Gasteiger partial charge is 0.374 e. The standard InChI is InChI=1S/C12H14N2/c1-14-8-3-2-6-11-10(9-13)5-4-7-12(11)14/h4-5,7H,2-3,6,8H2,1H3. The first kappa shape index (κ1) is 9.08. The van der Waals surface area contributed by atoms with E-state index < -0.39 is 0 Å². The van der Waals surface area contributed by atoms with Crippen LogP contribution in [-0.2, 0) is 6.42 Å². The Bertz CT molecular complexity index is 376. The van der Waals surface area contributed by atoms with E-state index >= 15 is 0 Å². The van der Waals surface area contributed by atoms with Crippen LogP contribution in [0.1, 0.15) is 24.0 Å². The van der Waals surface area contributed by atoms with Crippen molar-refractivity contribution in [2.45, 2.75) is 19.3 Å². The molecule has 14 heavy (non-hydrogen) atoms. The summed E-state index contributed by atoms with van der Waals surface area (Å²) in [6.45, 7) is 1.10. The Morgan fingerprint density at radius 2 is 2.21 bits per heavy atom. The molecule has 1 aliphatic rings. The van der Waals surface area contributed by atoms with Crippen molar-refractivity contribution in [1.29, 1.82) is 5.26 Å². The normalized spacial score (nSPS) is 15.6. The summed E-state index contributed by atoms with van der Waals surface area (Å²) in [5, 5.41) is 9.00. The van der Waals surface area contributed by atoms with E-state index in [1.807, 2.05) is 12.1 Å². The summed E-state index contributed by atoms with van der Waals surface area (Å²) in [7, 11) is 2.10. The quantitative estimate of drug-likeness (QED) is 0.621. The van der Waals surface area contributed by atoms with Gasteiger partial charge >= 0.3 is 0 Å². The molecule has 1 aliphatic heterocycles. The highest BCUT2D eigenvalue weighted by atomic mass is 15.1. The van der Waals surface area contributed by atoms with Crippen molar-refractivity contribution in [3.63, 3.8) is 0 Å². The smallest absolute Gasteiger partial charge is 0.0995 e. The molecular weight excluding hydrogens is 172 g/mol. The molecule has 0 N–H and O–H groups in total. The van der Waals surface area contributed by atoms with Crippen LogP contribution in [0.3, 0.4) is 0 Å². The maximum Gasteiger partial charge on any atom is 0.0995 e. The maximum absolute atomic E-state index is 9.00. The summed E-state index contributed by atoms with van der Waals surface area (Å²) in [5.74, 6) is 0. The van der Waals surface area contributed by atoms with Gasteiger partial charge in [-0.05, 0) is 37.0 Å². The van der Waals surface area contributed by atoms with E-state index in [-0.39, 0.29) is 0 Å². The molecule has 0 unspecified atom stereocenters. The highest BCUT2D eigenvalue weighted by Crippen LogP contribution is 2.27. The Hall–Kier alpha value is -1.49. The van der Waals surface area contributed by atoms with Crippen molar-refractivity contribution >= 4 is 5.69 Å². The predicted molar refractivity (Wildman–Crippen MR) is 57.4 cm³/mol. The summed E-state index contributed by atoms with van der Waals surface area (Å²) in [6, 6.07) is 8.28. The average Bonchev–Trinajstić information content (AvgIpc) is 2.41. The zero-order valence-corrected chi connectivity index (χ0v) is 8.45. The Kier molecular flexibility index (Phi) is 2.41. The average molecular weight is 186 g/mol. The minimum atomic E-state index is 0.844. The second-order valence-electron chi connectivity index (χ2n) is 3.79. The van der Waals surface area contributed by atoms with Gasteiger partial charge in [0.2, 0.25) is 0 Å².